The van der Waals surface area contributed by atoms with E-state index in [0.717, 1.165) is 0 Å². The van der Waals surface area contributed by atoms with Crippen LogP contribution in [0, 0.1) is 0 Å². The number of quaternary nitrogens is 1. The van der Waals surface area contributed by atoms with Gasteiger partial charge in [-0.1, -0.05) is 0 Å². The van der Waals surface area contributed by atoms with E-state index in [1.165, 1.54) is 19.2 Å². The Morgan fingerprint density at radius 2 is 2.13 bits per heavy atom. The minimum atomic E-state index is -0.933. The first-order valence-electron chi connectivity index (χ1n) is 3.98. The average Bonchev–Trinajstić information content (AvgIpc) is 2.10. The number of phenols is 1. The zero-order valence-electron chi connectivity index (χ0n) is 8.16. The number of carbonyl (C=O) groups is 1. The number of phenolic OH excluding ortho intramolecular Hbond substituents is 1. The second kappa shape index (κ2) is 5.43. The van der Waals surface area contributed by atoms with E-state index in [9.17, 15) is 9.90 Å². The fourth-order valence-electron chi connectivity index (χ4n) is 1.16. The van der Waals surface area contributed by atoms with Gasteiger partial charge in [0.15, 0.2) is 11.4 Å². The summed E-state index contributed by atoms with van der Waals surface area (Å²) in [4.78, 5) is 10.4. The first-order chi connectivity index (χ1) is 6.54. The molecule has 0 spiro atoms. The fourth-order valence-corrected chi connectivity index (χ4v) is 1.16. The van der Waals surface area contributed by atoms with Crippen molar-refractivity contribution in [1.82, 2.24) is 0 Å². The largest absolute Gasteiger partial charge is 1.00 e. The van der Waals surface area contributed by atoms with E-state index in [4.69, 9.17) is 9.84 Å². The molecule has 0 fully saturated rings. The van der Waals surface area contributed by atoms with Crippen LogP contribution < -0.4 is 22.9 Å². The molecule has 0 saturated carbocycles. The Morgan fingerprint density at radius 3 is 2.60 bits per heavy atom. The topological polar surface area (TPSA) is 94.4 Å². The van der Waals surface area contributed by atoms with Crippen molar-refractivity contribution in [2.24, 2.45) is 0 Å². The molecule has 5 N–H and O–H groups in total. The van der Waals surface area contributed by atoms with Crippen LogP contribution in [-0.2, 0) is 11.2 Å². The number of carboxylic acids is 1. The lowest BCUT2D eigenvalue weighted by Gasteiger charge is -2.05. The molecule has 1 rings (SSSR count). The normalized spacial score (nSPS) is 9.20. The van der Waals surface area contributed by atoms with E-state index in [2.05, 4.69) is 5.73 Å². The minimum absolute atomic E-state index is 0. The molecule has 6 heteroatoms. The Bertz CT molecular complexity index is 367. The molecule has 1 aromatic rings. The standard InChI is InChI=1S/C9H11NO4.ClH/c1-14-7-3-5(4-8(11)12)2-6(10)9(7)13;/h2-3,13H,4,10H2,1H3,(H,11,12);1H. The minimum Gasteiger partial charge on any atom is -1.00 e. The maximum atomic E-state index is 10.4. The lowest BCUT2D eigenvalue weighted by Crippen LogP contribution is -3.00. The molecule has 5 nitrogen and oxygen atoms in total. The van der Waals surface area contributed by atoms with Crippen LogP contribution >= 0.6 is 0 Å². The van der Waals surface area contributed by atoms with Crippen molar-refractivity contribution in [2.45, 2.75) is 6.42 Å². The molecule has 0 radical (unpaired) electrons. The number of carboxylic acid groups (broad SMARTS) is 1. The van der Waals surface area contributed by atoms with Gasteiger partial charge in [-0.05, 0) is 11.6 Å². The third kappa shape index (κ3) is 3.30. The van der Waals surface area contributed by atoms with Crippen molar-refractivity contribution >= 4 is 11.7 Å². The summed E-state index contributed by atoms with van der Waals surface area (Å²) < 4.78 is 4.87. The molecule has 0 aliphatic rings. The number of hydrogen-bond acceptors (Lipinski definition) is 3. The van der Waals surface area contributed by atoms with Crippen LogP contribution in [0.25, 0.3) is 0 Å². The summed E-state index contributed by atoms with van der Waals surface area (Å²) in [5.41, 5.74) is 4.49. The van der Waals surface area contributed by atoms with Crippen LogP contribution in [0.4, 0.5) is 5.69 Å². The highest BCUT2D eigenvalue weighted by Gasteiger charge is 2.12. The molecule has 0 aliphatic heterocycles. The molecule has 0 saturated heterocycles. The van der Waals surface area contributed by atoms with Crippen LogP contribution in [0.2, 0.25) is 0 Å². The van der Waals surface area contributed by atoms with Gasteiger partial charge in [-0.15, -0.1) is 0 Å². The van der Waals surface area contributed by atoms with E-state index < -0.39 is 5.97 Å². The van der Waals surface area contributed by atoms with Crippen molar-refractivity contribution in [3.05, 3.63) is 17.7 Å². The molecule has 15 heavy (non-hydrogen) atoms. The van der Waals surface area contributed by atoms with Gasteiger partial charge in [0.05, 0.1) is 13.5 Å². The summed E-state index contributed by atoms with van der Waals surface area (Å²) in [7, 11) is 1.40. The molecule has 0 atom stereocenters. The van der Waals surface area contributed by atoms with E-state index >= 15 is 0 Å². The van der Waals surface area contributed by atoms with Gasteiger partial charge in [0.2, 0.25) is 5.75 Å². The maximum Gasteiger partial charge on any atom is 0.307 e. The number of aromatic hydroxyl groups is 1. The van der Waals surface area contributed by atoms with Gasteiger partial charge in [0.1, 0.15) is 0 Å². The number of rotatable bonds is 3. The molecule has 0 aliphatic carbocycles. The lowest BCUT2D eigenvalue weighted by molar-refractivity contribution is -0.256. The molecular weight excluding hydrogens is 222 g/mol. The molecule has 0 heterocycles. The Labute approximate surface area is 92.9 Å². The van der Waals surface area contributed by atoms with Gasteiger partial charge < -0.3 is 33.1 Å². The van der Waals surface area contributed by atoms with E-state index in [0.29, 0.717) is 11.3 Å². The third-order valence-corrected chi connectivity index (χ3v) is 1.79. The number of benzene rings is 1. The molecule has 0 bridgehead atoms. The van der Waals surface area contributed by atoms with E-state index in [-0.39, 0.29) is 30.3 Å². The predicted octanol–water partition coefficient (Wildman–Crippen LogP) is -3.09. The summed E-state index contributed by atoms with van der Waals surface area (Å²) in [6, 6.07) is 3.00. The quantitative estimate of drug-likeness (QED) is 0.516. The number of hydrogen-bond donors (Lipinski definition) is 3. The van der Waals surface area contributed by atoms with Crippen LogP contribution in [0.1, 0.15) is 5.56 Å². The van der Waals surface area contributed by atoms with Crippen LogP contribution in [0.3, 0.4) is 0 Å². The van der Waals surface area contributed by atoms with Crippen LogP contribution in [0.15, 0.2) is 12.1 Å². The Hall–Kier alpha value is -1.46. The lowest BCUT2D eigenvalue weighted by atomic mass is 10.1. The average molecular weight is 234 g/mol. The van der Waals surface area contributed by atoms with Crippen molar-refractivity contribution in [2.75, 3.05) is 7.11 Å². The fraction of sp³-hybridized carbons (Fsp3) is 0.222. The highest BCUT2D eigenvalue weighted by molar-refractivity contribution is 5.71. The van der Waals surface area contributed by atoms with Crippen LogP contribution in [0.5, 0.6) is 11.5 Å². The SMILES string of the molecule is COc1cc(CC(=O)O)cc([NH3+])c1O.[Cl-]. The third-order valence-electron chi connectivity index (χ3n) is 1.79. The summed E-state index contributed by atoms with van der Waals surface area (Å²) in [6.45, 7) is 0. The molecule has 84 valence electrons. The van der Waals surface area contributed by atoms with Gasteiger partial charge in [-0.25, -0.2) is 0 Å². The predicted molar refractivity (Wildman–Crippen MR) is 48.5 cm³/mol. The Kier molecular flexibility index (Phi) is 4.90. The van der Waals surface area contributed by atoms with Gasteiger partial charge in [-0.2, -0.15) is 0 Å². The molecule has 1 aromatic carbocycles. The first-order valence-corrected chi connectivity index (χ1v) is 3.98. The number of aliphatic carboxylic acids is 1. The van der Waals surface area contributed by atoms with Gasteiger partial charge in [0, 0.05) is 6.07 Å². The Morgan fingerprint density at radius 1 is 1.53 bits per heavy atom. The van der Waals surface area contributed by atoms with Crippen LogP contribution in [-0.4, -0.2) is 23.3 Å². The molecule has 0 aromatic heterocycles. The second-order valence-corrected chi connectivity index (χ2v) is 2.88. The number of ether oxygens (including phenoxy) is 1. The van der Waals surface area contributed by atoms with Crippen molar-refractivity contribution in [3.8, 4) is 11.5 Å². The Balaban J connectivity index is 0.00000196. The summed E-state index contributed by atoms with van der Waals surface area (Å²) in [5.74, 6) is -0.743. The monoisotopic (exact) mass is 233 g/mol. The van der Waals surface area contributed by atoms with Crippen molar-refractivity contribution < 1.29 is 37.9 Å². The summed E-state index contributed by atoms with van der Waals surface area (Å²) in [5, 5.41) is 18.0. The summed E-state index contributed by atoms with van der Waals surface area (Å²) in [6.07, 6.45) is -0.112. The van der Waals surface area contributed by atoms with E-state index in [1.54, 1.807) is 0 Å². The zero-order chi connectivity index (χ0) is 10.7. The van der Waals surface area contributed by atoms with Gasteiger partial charge in [-0.3, -0.25) is 4.79 Å². The molecular formula is C9H12ClNO4. The number of halogens is 1. The van der Waals surface area contributed by atoms with Gasteiger partial charge >= 0.3 is 5.97 Å². The van der Waals surface area contributed by atoms with Crippen molar-refractivity contribution in [1.29, 1.82) is 0 Å². The highest BCUT2D eigenvalue weighted by Crippen LogP contribution is 2.32. The summed E-state index contributed by atoms with van der Waals surface area (Å²) >= 11 is 0. The zero-order valence-corrected chi connectivity index (χ0v) is 8.91. The highest BCUT2D eigenvalue weighted by atomic mass is 35.5. The van der Waals surface area contributed by atoms with Crippen molar-refractivity contribution in [3.63, 3.8) is 0 Å². The number of methoxy groups -OCH3 is 1. The molecule has 0 unspecified atom stereocenters. The first kappa shape index (κ1) is 13.5. The maximum absolute atomic E-state index is 10.4. The van der Waals surface area contributed by atoms with Gasteiger partial charge in [0.25, 0.3) is 0 Å². The molecule has 0 amide bonds. The smallest absolute Gasteiger partial charge is 0.307 e. The second-order valence-electron chi connectivity index (χ2n) is 2.88. The van der Waals surface area contributed by atoms with E-state index in [1.807, 2.05) is 0 Å².